The van der Waals surface area contributed by atoms with Gasteiger partial charge in [-0.05, 0) is 43.4 Å². The minimum absolute atomic E-state index is 0.101. The highest BCUT2D eigenvalue weighted by atomic mass is 16.3. The summed E-state index contributed by atoms with van der Waals surface area (Å²) in [6, 6.07) is 2.36. The molecule has 2 heteroatoms. The smallest absolute Gasteiger partial charge is 0.0840 e. The van der Waals surface area contributed by atoms with Crippen LogP contribution in [0.2, 0.25) is 0 Å². The summed E-state index contributed by atoms with van der Waals surface area (Å²) >= 11 is 0. The van der Waals surface area contributed by atoms with E-state index in [1.807, 2.05) is 13.8 Å². The number of nitriles is 1. The minimum Gasteiger partial charge on any atom is -0.388 e. The second-order valence-corrected chi connectivity index (χ2v) is 7.69. The fourth-order valence-corrected chi connectivity index (χ4v) is 3.97. The van der Waals surface area contributed by atoms with Crippen LogP contribution in [0.5, 0.6) is 0 Å². The van der Waals surface area contributed by atoms with E-state index in [1.54, 1.807) is 0 Å². The van der Waals surface area contributed by atoms with Crippen molar-refractivity contribution in [2.45, 2.75) is 72.8 Å². The first-order valence-electron chi connectivity index (χ1n) is 6.63. The van der Waals surface area contributed by atoms with Crippen LogP contribution in [0.3, 0.4) is 0 Å². The summed E-state index contributed by atoms with van der Waals surface area (Å²) < 4.78 is 0. The molecule has 17 heavy (non-hydrogen) atoms. The summed E-state index contributed by atoms with van der Waals surface area (Å²) in [6.07, 6.45) is 3.25. The first kappa shape index (κ1) is 14.5. The molecule has 1 saturated carbocycles. The Morgan fingerprint density at radius 3 is 1.82 bits per heavy atom. The van der Waals surface area contributed by atoms with E-state index in [9.17, 15) is 10.4 Å². The van der Waals surface area contributed by atoms with Gasteiger partial charge in [-0.3, -0.25) is 0 Å². The third kappa shape index (κ3) is 2.65. The minimum atomic E-state index is -0.859. The Balaban J connectivity index is 3.16. The summed E-state index contributed by atoms with van der Waals surface area (Å²) in [4.78, 5) is 0. The molecule has 1 aliphatic carbocycles. The van der Waals surface area contributed by atoms with Crippen molar-refractivity contribution in [1.82, 2.24) is 0 Å². The van der Waals surface area contributed by atoms with E-state index in [2.05, 4.69) is 33.8 Å². The lowest BCUT2D eigenvalue weighted by Crippen LogP contribution is -2.54. The van der Waals surface area contributed by atoms with Gasteiger partial charge in [0.15, 0.2) is 0 Å². The van der Waals surface area contributed by atoms with E-state index >= 15 is 0 Å². The first-order chi connectivity index (χ1) is 7.49. The van der Waals surface area contributed by atoms with Crippen molar-refractivity contribution in [3.8, 4) is 6.07 Å². The van der Waals surface area contributed by atoms with Crippen molar-refractivity contribution >= 4 is 0 Å². The van der Waals surface area contributed by atoms with E-state index in [4.69, 9.17) is 0 Å². The molecule has 0 saturated heterocycles. The van der Waals surface area contributed by atoms with Gasteiger partial charge in [0.05, 0.1) is 17.1 Å². The van der Waals surface area contributed by atoms with Crippen molar-refractivity contribution in [3.63, 3.8) is 0 Å². The number of hydrogen-bond donors (Lipinski definition) is 1. The topological polar surface area (TPSA) is 44.0 Å². The van der Waals surface area contributed by atoms with E-state index < -0.39 is 11.0 Å². The van der Waals surface area contributed by atoms with Gasteiger partial charge in [-0.25, -0.2) is 0 Å². The Hall–Kier alpha value is -0.550. The maximum atomic E-state index is 11.0. The van der Waals surface area contributed by atoms with Gasteiger partial charge in [0.2, 0.25) is 0 Å². The Bertz CT molecular complexity index is 321. The average molecular weight is 237 g/mol. The average Bonchev–Trinajstić information content (AvgIpc) is 2.10. The molecule has 1 N–H and O–H groups in total. The molecule has 0 bridgehead atoms. The van der Waals surface area contributed by atoms with E-state index in [0.717, 1.165) is 19.3 Å². The predicted octanol–water partition coefficient (Wildman–Crippen LogP) is 3.89. The third-order valence-electron chi connectivity index (χ3n) is 4.48. The number of rotatable bonds is 2. The van der Waals surface area contributed by atoms with E-state index in [-0.39, 0.29) is 10.8 Å². The Morgan fingerprint density at radius 2 is 1.53 bits per heavy atom. The molecule has 0 spiro atoms. The highest BCUT2D eigenvalue weighted by Crippen LogP contribution is 2.56. The van der Waals surface area contributed by atoms with Crippen molar-refractivity contribution in [2.24, 2.45) is 16.2 Å². The van der Waals surface area contributed by atoms with Gasteiger partial charge in [0.1, 0.15) is 0 Å². The summed E-state index contributed by atoms with van der Waals surface area (Å²) in [6.45, 7) is 12.7. The standard InChI is InChI=1S/C15H27NO/c1-7-14(6,11-16)15(17)9-12(2,3)8-13(4,5)10-15/h17H,7-10H2,1-6H3. The van der Waals surface area contributed by atoms with Crippen LogP contribution in [0.1, 0.15) is 67.2 Å². The molecule has 1 rings (SSSR count). The van der Waals surface area contributed by atoms with Crippen molar-refractivity contribution < 1.29 is 5.11 Å². The molecule has 0 heterocycles. The fraction of sp³-hybridized carbons (Fsp3) is 0.933. The van der Waals surface area contributed by atoms with Gasteiger partial charge in [-0.2, -0.15) is 5.26 Å². The summed E-state index contributed by atoms with van der Waals surface area (Å²) in [7, 11) is 0. The van der Waals surface area contributed by atoms with Crippen LogP contribution in [-0.4, -0.2) is 10.7 Å². The molecule has 0 aromatic rings. The molecule has 1 aliphatic rings. The van der Waals surface area contributed by atoms with Gasteiger partial charge in [0.25, 0.3) is 0 Å². The van der Waals surface area contributed by atoms with Crippen LogP contribution in [0, 0.1) is 27.6 Å². The summed E-state index contributed by atoms with van der Waals surface area (Å²) in [5.41, 5.74) is -1.29. The van der Waals surface area contributed by atoms with Crippen LogP contribution in [-0.2, 0) is 0 Å². The molecule has 98 valence electrons. The van der Waals surface area contributed by atoms with Crippen LogP contribution in [0.4, 0.5) is 0 Å². The van der Waals surface area contributed by atoms with Crippen LogP contribution in [0.25, 0.3) is 0 Å². The lowest BCUT2D eigenvalue weighted by molar-refractivity contribution is -0.141. The molecule has 0 aliphatic heterocycles. The predicted molar refractivity (Wildman–Crippen MR) is 70.4 cm³/mol. The van der Waals surface area contributed by atoms with Crippen molar-refractivity contribution in [1.29, 1.82) is 5.26 Å². The number of aliphatic hydroxyl groups is 1. The summed E-state index contributed by atoms with van der Waals surface area (Å²) in [5, 5.41) is 20.5. The monoisotopic (exact) mass is 237 g/mol. The quantitative estimate of drug-likeness (QED) is 0.791. The summed E-state index contributed by atoms with van der Waals surface area (Å²) in [5.74, 6) is 0. The highest BCUT2D eigenvalue weighted by Gasteiger charge is 2.55. The molecular weight excluding hydrogens is 210 g/mol. The molecule has 0 aromatic carbocycles. The Kier molecular flexibility index (Phi) is 3.40. The second kappa shape index (κ2) is 3.99. The normalized spacial score (nSPS) is 29.1. The van der Waals surface area contributed by atoms with Gasteiger partial charge in [-0.15, -0.1) is 0 Å². The molecule has 1 fully saturated rings. The van der Waals surface area contributed by atoms with Gasteiger partial charge >= 0.3 is 0 Å². The second-order valence-electron chi connectivity index (χ2n) is 7.69. The van der Waals surface area contributed by atoms with Crippen LogP contribution in [0.15, 0.2) is 0 Å². The molecular formula is C15H27NO. The van der Waals surface area contributed by atoms with Crippen LogP contribution >= 0.6 is 0 Å². The van der Waals surface area contributed by atoms with Crippen LogP contribution < -0.4 is 0 Å². The molecule has 1 atom stereocenters. The van der Waals surface area contributed by atoms with Gasteiger partial charge in [0, 0.05) is 0 Å². The zero-order valence-electron chi connectivity index (χ0n) is 12.2. The first-order valence-corrected chi connectivity index (χ1v) is 6.63. The van der Waals surface area contributed by atoms with Gasteiger partial charge < -0.3 is 5.11 Å². The molecule has 0 aromatic heterocycles. The number of hydrogen-bond acceptors (Lipinski definition) is 2. The van der Waals surface area contributed by atoms with Gasteiger partial charge in [-0.1, -0.05) is 34.6 Å². The van der Waals surface area contributed by atoms with Crippen molar-refractivity contribution in [3.05, 3.63) is 0 Å². The largest absolute Gasteiger partial charge is 0.388 e. The zero-order valence-corrected chi connectivity index (χ0v) is 12.2. The lowest BCUT2D eigenvalue weighted by Gasteiger charge is -2.54. The maximum Gasteiger partial charge on any atom is 0.0840 e. The Labute approximate surface area is 106 Å². The van der Waals surface area contributed by atoms with E-state index in [0.29, 0.717) is 6.42 Å². The third-order valence-corrected chi connectivity index (χ3v) is 4.48. The maximum absolute atomic E-state index is 11.0. The lowest BCUT2D eigenvalue weighted by atomic mass is 9.53. The molecule has 0 radical (unpaired) electrons. The van der Waals surface area contributed by atoms with E-state index in [1.165, 1.54) is 0 Å². The fourth-order valence-electron chi connectivity index (χ4n) is 3.97. The number of nitrogens with zero attached hydrogens (tertiary/aromatic N) is 1. The molecule has 2 nitrogen and oxygen atoms in total. The SMILES string of the molecule is CCC(C)(C#N)C1(O)CC(C)(C)CC(C)(C)C1. The molecule has 0 amide bonds. The highest BCUT2D eigenvalue weighted by molar-refractivity contribution is 5.13. The van der Waals surface area contributed by atoms with Crippen molar-refractivity contribution in [2.75, 3.05) is 0 Å². The zero-order chi connectivity index (χ0) is 13.5. The molecule has 1 unspecified atom stereocenters. The Morgan fingerprint density at radius 1 is 1.12 bits per heavy atom.